The summed E-state index contributed by atoms with van der Waals surface area (Å²) < 4.78 is 4.99. The predicted octanol–water partition coefficient (Wildman–Crippen LogP) is 0.824. The van der Waals surface area contributed by atoms with Crippen molar-refractivity contribution in [1.29, 1.82) is 0 Å². The molecule has 0 heterocycles. The number of aromatic hydroxyl groups is 1. The zero-order valence-electron chi connectivity index (χ0n) is 8.97. The Hall–Kier alpha value is -1.26. The maximum Gasteiger partial charge on any atom is 0.160 e. The van der Waals surface area contributed by atoms with Gasteiger partial charge in [-0.05, 0) is 17.7 Å². The minimum Gasteiger partial charge on any atom is -0.504 e. The molecule has 0 fully saturated rings. The van der Waals surface area contributed by atoms with Crippen LogP contribution >= 0.6 is 0 Å². The molecule has 1 rings (SSSR count). The molecule has 2 unspecified atom stereocenters. The molecule has 84 valence electrons. The standard InChI is InChI=1S/C11H17NO3/c1-7(10(14)6-12)8-3-4-9(13)11(5-8)15-2/h3-5,7,10,13-14H,6,12H2,1-2H3. The number of aliphatic hydroxyl groups is 1. The molecule has 4 N–H and O–H groups in total. The molecule has 0 spiro atoms. The SMILES string of the molecule is COc1cc(C(C)C(O)CN)ccc1O. The zero-order valence-corrected chi connectivity index (χ0v) is 8.97. The smallest absolute Gasteiger partial charge is 0.160 e. The van der Waals surface area contributed by atoms with E-state index in [0.29, 0.717) is 5.75 Å². The summed E-state index contributed by atoms with van der Waals surface area (Å²) in [6.45, 7) is 2.09. The molecule has 0 amide bonds. The highest BCUT2D eigenvalue weighted by Crippen LogP contribution is 2.30. The fourth-order valence-electron chi connectivity index (χ4n) is 1.40. The molecule has 1 aromatic rings. The Morgan fingerprint density at radius 2 is 2.13 bits per heavy atom. The van der Waals surface area contributed by atoms with Gasteiger partial charge < -0.3 is 20.7 Å². The van der Waals surface area contributed by atoms with Gasteiger partial charge in [0.05, 0.1) is 13.2 Å². The fourth-order valence-corrected chi connectivity index (χ4v) is 1.40. The van der Waals surface area contributed by atoms with Crippen molar-refractivity contribution in [1.82, 2.24) is 0 Å². The Morgan fingerprint density at radius 1 is 1.47 bits per heavy atom. The van der Waals surface area contributed by atoms with Crippen LogP contribution in [0.25, 0.3) is 0 Å². The Morgan fingerprint density at radius 3 is 2.67 bits per heavy atom. The van der Waals surface area contributed by atoms with Crippen molar-refractivity contribution in [2.45, 2.75) is 18.9 Å². The topological polar surface area (TPSA) is 75.7 Å². The maximum absolute atomic E-state index is 9.58. The molecule has 0 radical (unpaired) electrons. The van der Waals surface area contributed by atoms with Crippen LogP contribution in [0.3, 0.4) is 0 Å². The summed E-state index contributed by atoms with van der Waals surface area (Å²) in [4.78, 5) is 0. The highest BCUT2D eigenvalue weighted by molar-refractivity contribution is 5.42. The third kappa shape index (κ3) is 2.61. The Bertz CT molecular complexity index is 328. The molecule has 0 aliphatic carbocycles. The van der Waals surface area contributed by atoms with Crippen LogP contribution < -0.4 is 10.5 Å². The number of phenolic OH excluding ortho intramolecular Hbond substituents is 1. The summed E-state index contributed by atoms with van der Waals surface area (Å²) in [6.07, 6.45) is -0.584. The van der Waals surface area contributed by atoms with Crippen LogP contribution in [-0.4, -0.2) is 30.0 Å². The van der Waals surface area contributed by atoms with Crippen LogP contribution in [0.4, 0.5) is 0 Å². The lowest BCUT2D eigenvalue weighted by Gasteiger charge is -2.18. The highest BCUT2D eigenvalue weighted by atomic mass is 16.5. The van der Waals surface area contributed by atoms with Gasteiger partial charge in [0, 0.05) is 12.5 Å². The van der Waals surface area contributed by atoms with Gasteiger partial charge in [0.15, 0.2) is 11.5 Å². The number of methoxy groups -OCH3 is 1. The van der Waals surface area contributed by atoms with Crippen molar-refractivity contribution in [2.75, 3.05) is 13.7 Å². The summed E-state index contributed by atoms with van der Waals surface area (Å²) in [7, 11) is 1.49. The number of rotatable bonds is 4. The van der Waals surface area contributed by atoms with Gasteiger partial charge in [-0.15, -0.1) is 0 Å². The molecule has 0 saturated carbocycles. The van der Waals surface area contributed by atoms with Crippen LogP contribution in [0, 0.1) is 0 Å². The van der Waals surface area contributed by atoms with E-state index in [-0.39, 0.29) is 18.2 Å². The van der Waals surface area contributed by atoms with E-state index in [0.717, 1.165) is 5.56 Å². The molecule has 4 heteroatoms. The van der Waals surface area contributed by atoms with E-state index in [1.807, 2.05) is 6.92 Å². The number of benzene rings is 1. The largest absolute Gasteiger partial charge is 0.504 e. The molecule has 1 aromatic carbocycles. The molecule has 0 aromatic heterocycles. The van der Waals surface area contributed by atoms with Crippen LogP contribution in [0.1, 0.15) is 18.4 Å². The van der Waals surface area contributed by atoms with Gasteiger partial charge in [-0.25, -0.2) is 0 Å². The summed E-state index contributed by atoms with van der Waals surface area (Å²) >= 11 is 0. The number of ether oxygens (including phenoxy) is 1. The normalized spacial score (nSPS) is 14.7. The second kappa shape index (κ2) is 5.00. The molecule has 0 aliphatic heterocycles. The summed E-state index contributed by atoms with van der Waals surface area (Å²) in [5, 5.41) is 19.0. The lowest BCUT2D eigenvalue weighted by molar-refractivity contribution is 0.157. The molecule has 0 aliphatic rings. The third-order valence-electron chi connectivity index (χ3n) is 2.55. The minimum absolute atomic E-state index is 0.0792. The second-order valence-electron chi connectivity index (χ2n) is 3.52. The van der Waals surface area contributed by atoms with E-state index in [1.54, 1.807) is 18.2 Å². The Labute approximate surface area is 89.3 Å². The maximum atomic E-state index is 9.58. The zero-order chi connectivity index (χ0) is 11.4. The van der Waals surface area contributed by atoms with Crippen molar-refractivity contribution in [3.63, 3.8) is 0 Å². The van der Waals surface area contributed by atoms with E-state index >= 15 is 0 Å². The first-order valence-electron chi connectivity index (χ1n) is 4.85. The highest BCUT2D eigenvalue weighted by Gasteiger charge is 2.16. The average Bonchev–Trinajstić information content (AvgIpc) is 2.27. The van der Waals surface area contributed by atoms with E-state index in [9.17, 15) is 10.2 Å². The van der Waals surface area contributed by atoms with Crippen molar-refractivity contribution in [3.05, 3.63) is 23.8 Å². The number of aliphatic hydroxyl groups excluding tert-OH is 1. The van der Waals surface area contributed by atoms with E-state index in [1.165, 1.54) is 7.11 Å². The lowest BCUT2D eigenvalue weighted by atomic mass is 9.95. The molecule has 4 nitrogen and oxygen atoms in total. The molecule has 15 heavy (non-hydrogen) atoms. The van der Waals surface area contributed by atoms with Crippen LogP contribution in [0.15, 0.2) is 18.2 Å². The first-order chi connectivity index (χ1) is 7.10. The molecule has 0 saturated heterocycles. The Balaban J connectivity index is 2.95. The van der Waals surface area contributed by atoms with Crippen LogP contribution in [0.5, 0.6) is 11.5 Å². The van der Waals surface area contributed by atoms with Gasteiger partial charge in [-0.3, -0.25) is 0 Å². The monoisotopic (exact) mass is 211 g/mol. The van der Waals surface area contributed by atoms with Crippen LogP contribution in [0.2, 0.25) is 0 Å². The van der Waals surface area contributed by atoms with Gasteiger partial charge in [-0.1, -0.05) is 13.0 Å². The number of phenols is 1. The second-order valence-corrected chi connectivity index (χ2v) is 3.52. The van der Waals surface area contributed by atoms with Crippen LogP contribution in [-0.2, 0) is 0 Å². The minimum atomic E-state index is -0.584. The fraction of sp³-hybridized carbons (Fsp3) is 0.455. The predicted molar refractivity (Wildman–Crippen MR) is 58.1 cm³/mol. The van der Waals surface area contributed by atoms with Gasteiger partial charge in [0.1, 0.15) is 0 Å². The molecular formula is C11H17NO3. The van der Waals surface area contributed by atoms with Crippen molar-refractivity contribution < 1.29 is 14.9 Å². The van der Waals surface area contributed by atoms with E-state index in [4.69, 9.17) is 10.5 Å². The first kappa shape index (κ1) is 11.8. The number of hydrogen-bond donors (Lipinski definition) is 3. The van der Waals surface area contributed by atoms with Crippen molar-refractivity contribution >= 4 is 0 Å². The van der Waals surface area contributed by atoms with Gasteiger partial charge in [-0.2, -0.15) is 0 Å². The molecular weight excluding hydrogens is 194 g/mol. The summed E-state index contributed by atoms with van der Waals surface area (Å²) in [6, 6.07) is 5.01. The molecule has 2 atom stereocenters. The summed E-state index contributed by atoms with van der Waals surface area (Å²) in [5.41, 5.74) is 6.27. The first-order valence-corrected chi connectivity index (χ1v) is 4.85. The summed E-state index contributed by atoms with van der Waals surface area (Å²) in [5.74, 6) is 0.420. The number of nitrogens with two attached hydrogens (primary N) is 1. The van der Waals surface area contributed by atoms with Crippen molar-refractivity contribution in [3.8, 4) is 11.5 Å². The quantitative estimate of drug-likeness (QED) is 0.689. The number of hydrogen-bond acceptors (Lipinski definition) is 4. The van der Waals surface area contributed by atoms with E-state index < -0.39 is 6.10 Å². The molecule has 0 bridgehead atoms. The van der Waals surface area contributed by atoms with E-state index in [2.05, 4.69) is 0 Å². The Kier molecular flexibility index (Phi) is 3.94. The lowest BCUT2D eigenvalue weighted by Crippen LogP contribution is -2.25. The average molecular weight is 211 g/mol. The van der Waals surface area contributed by atoms with Gasteiger partial charge >= 0.3 is 0 Å². The van der Waals surface area contributed by atoms with Gasteiger partial charge in [0.2, 0.25) is 0 Å². The van der Waals surface area contributed by atoms with Crippen molar-refractivity contribution in [2.24, 2.45) is 5.73 Å². The van der Waals surface area contributed by atoms with Gasteiger partial charge in [0.25, 0.3) is 0 Å². The third-order valence-corrected chi connectivity index (χ3v) is 2.55.